The molecular formula is C10H18N2O. The largest absolute Gasteiger partial charge is 0.345 e. The number of amides is 1. The zero-order chi connectivity index (χ0) is 9.15. The molecule has 1 N–H and O–H groups in total. The second kappa shape index (κ2) is 3.66. The highest BCUT2D eigenvalue weighted by Gasteiger charge is 2.35. The minimum absolute atomic E-state index is 0.414. The molecule has 74 valence electrons. The van der Waals surface area contributed by atoms with Gasteiger partial charge in [-0.05, 0) is 32.2 Å². The van der Waals surface area contributed by atoms with Crippen molar-refractivity contribution in [2.24, 2.45) is 5.41 Å². The highest BCUT2D eigenvalue weighted by atomic mass is 16.1. The number of nitrogens with one attached hydrogen (secondary N) is 1. The highest BCUT2D eigenvalue weighted by Crippen LogP contribution is 2.35. The van der Waals surface area contributed by atoms with Crippen LogP contribution in [0.1, 0.15) is 25.7 Å². The van der Waals surface area contributed by atoms with Gasteiger partial charge in [-0.25, -0.2) is 0 Å². The molecule has 2 aliphatic heterocycles. The summed E-state index contributed by atoms with van der Waals surface area (Å²) in [7, 11) is 0. The predicted molar refractivity (Wildman–Crippen MR) is 51.4 cm³/mol. The molecule has 2 aliphatic rings. The van der Waals surface area contributed by atoms with Gasteiger partial charge in [0, 0.05) is 25.0 Å². The molecule has 0 aromatic carbocycles. The first-order chi connectivity index (χ1) is 6.35. The number of carbonyl (C=O) groups is 1. The zero-order valence-corrected chi connectivity index (χ0v) is 8.09. The van der Waals surface area contributed by atoms with Crippen molar-refractivity contribution in [2.75, 3.05) is 26.2 Å². The third-order valence-corrected chi connectivity index (χ3v) is 3.40. The lowest BCUT2D eigenvalue weighted by Gasteiger charge is -2.44. The molecule has 1 amide bonds. The van der Waals surface area contributed by atoms with Gasteiger partial charge in [-0.15, -0.1) is 0 Å². The first-order valence-electron chi connectivity index (χ1n) is 5.25. The molecule has 1 atom stereocenters. The van der Waals surface area contributed by atoms with Crippen LogP contribution in [0.3, 0.4) is 0 Å². The van der Waals surface area contributed by atoms with Gasteiger partial charge in [0.1, 0.15) is 0 Å². The smallest absolute Gasteiger partial charge is 0.209 e. The minimum atomic E-state index is 0.414. The molecule has 0 bridgehead atoms. The molecule has 1 unspecified atom stereocenters. The maximum atomic E-state index is 10.7. The molecule has 0 aromatic rings. The lowest BCUT2D eigenvalue weighted by atomic mass is 9.74. The molecule has 1 spiro atoms. The van der Waals surface area contributed by atoms with Crippen molar-refractivity contribution in [1.29, 1.82) is 0 Å². The average molecular weight is 182 g/mol. The fraction of sp³-hybridized carbons (Fsp3) is 0.900. The first-order valence-corrected chi connectivity index (χ1v) is 5.25. The fourth-order valence-corrected chi connectivity index (χ4v) is 2.71. The van der Waals surface area contributed by atoms with Crippen molar-refractivity contribution in [3.8, 4) is 0 Å². The SMILES string of the molecule is O=CN1CCCC2(CCCNC2)C1. The van der Waals surface area contributed by atoms with Crippen molar-refractivity contribution >= 4 is 6.41 Å². The van der Waals surface area contributed by atoms with Crippen LogP contribution in [-0.2, 0) is 4.79 Å². The van der Waals surface area contributed by atoms with E-state index < -0.39 is 0 Å². The second-order valence-electron chi connectivity index (χ2n) is 4.46. The van der Waals surface area contributed by atoms with Gasteiger partial charge in [-0.3, -0.25) is 4.79 Å². The van der Waals surface area contributed by atoms with E-state index in [0.717, 1.165) is 32.6 Å². The molecule has 3 heteroatoms. The Morgan fingerprint density at radius 2 is 2.15 bits per heavy atom. The lowest BCUT2D eigenvalue weighted by Crippen LogP contribution is -2.50. The van der Waals surface area contributed by atoms with Gasteiger partial charge in [0.05, 0.1) is 0 Å². The van der Waals surface area contributed by atoms with Crippen molar-refractivity contribution < 1.29 is 4.79 Å². The Morgan fingerprint density at radius 1 is 1.31 bits per heavy atom. The standard InChI is InChI=1S/C10H18N2O/c13-9-12-6-2-4-10(8-12)3-1-5-11-7-10/h9,11H,1-8H2. The van der Waals surface area contributed by atoms with E-state index in [0.29, 0.717) is 5.41 Å². The number of rotatable bonds is 1. The van der Waals surface area contributed by atoms with Crippen LogP contribution in [0.5, 0.6) is 0 Å². The van der Waals surface area contributed by atoms with Crippen LogP contribution in [-0.4, -0.2) is 37.5 Å². The van der Waals surface area contributed by atoms with E-state index in [9.17, 15) is 4.79 Å². The van der Waals surface area contributed by atoms with E-state index >= 15 is 0 Å². The van der Waals surface area contributed by atoms with Crippen LogP contribution < -0.4 is 5.32 Å². The van der Waals surface area contributed by atoms with Crippen LogP contribution in [0.25, 0.3) is 0 Å². The summed E-state index contributed by atoms with van der Waals surface area (Å²) in [5, 5.41) is 3.45. The molecule has 0 aliphatic carbocycles. The Labute approximate surface area is 79.5 Å². The third kappa shape index (κ3) is 1.85. The van der Waals surface area contributed by atoms with Crippen LogP contribution in [0, 0.1) is 5.41 Å². The summed E-state index contributed by atoms with van der Waals surface area (Å²) in [6.07, 6.45) is 6.05. The van der Waals surface area contributed by atoms with E-state index in [-0.39, 0.29) is 0 Å². The topological polar surface area (TPSA) is 32.3 Å². The minimum Gasteiger partial charge on any atom is -0.345 e. The van der Waals surface area contributed by atoms with Crippen LogP contribution in [0.15, 0.2) is 0 Å². The monoisotopic (exact) mass is 182 g/mol. The Morgan fingerprint density at radius 3 is 2.85 bits per heavy atom. The highest BCUT2D eigenvalue weighted by molar-refractivity contribution is 5.47. The molecule has 0 radical (unpaired) electrons. The number of hydrogen-bond acceptors (Lipinski definition) is 2. The number of likely N-dealkylation sites (tertiary alicyclic amines) is 1. The molecule has 2 fully saturated rings. The summed E-state index contributed by atoms with van der Waals surface area (Å²) in [5.74, 6) is 0. The fourth-order valence-electron chi connectivity index (χ4n) is 2.71. The van der Waals surface area contributed by atoms with Gasteiger partial charge in [0.2, 0.25) is 6.41 Å². The Balaban J connectivity index is 1.99. The van der Waals surface area contributed by atoms with Crippen LogP contribution >= 0.6 is 0 Å². The van der Waals surface area contributed by atoms with Gasteiger partial charge >= 0.3 is 0 Å². The third-order valence-electron chi connectivity index (χ3n) is 3.40. The van der Waals surface area contributed by atoms with Gasteiger partial charge < -0.3 is 10.2 Å². The molecule has 2 rings (SSSR count). The molecule has 2 saturated heterocycles. The molecular weight excluding hydrogens is 164 g/mol. The van der Waals surface area contributed by atoms with E-state index in [2.05, 4.69) is 5.32 Å². The summed E-state index contributed by atoms with van der Waals surface area (Å²) in [6, 6.07) is 0. The lowest BCUT2D eigenvalue weighted by molar-refractivity contribution is -0.121. The summed E-state index contributed by atoms with van der Waals surface area (Å²) in [4.78, 5) is 12.6. The van der Waals surface area contributed by atoms with E-state index in [1.54, 1.807) is 0 Å². The molecule has 2 heterocycles. The predicted octanol–water partition coefficient (Wildman–Crippen LogP) is 0.608. The van der Waals surface area contributed by atoms with Crippen molar-refractivity contribution in [1.82, 2.24) is 10.2 Å². The van der Waals surface area contributed by atoms with Crippen molar-refractivity contribution in [3.63, 3.8) is 0 Å². The van der Waals surface area contributed by atoms with E-state index in [1.165, 1.54) is 25.7 Å². The summed E-state index contributed by atoms with van der Waals surface area (Å²) < 4.78 is 0. The van der Waals surface area contributed by atoms with Crippen molar-refractivity contribution in [3.05, 3.63) is 0 Å². The first kappa shape index (κ1) is 9.00. The molecule has 0 saturated carbocycles. The number of nitrogens with zero attached hydrogens (tertiary/aromatic N) is 1. The second-order valence-corrected chi connectivity index (χ2v) is 4.46. The van der Waals surface area contributed by atoms with Crippen LogP contribution in [0.2, 0.25) is 0 Å². The summed E-state index contributed by atoms with van der Waals surface area (Å²) in [5.41, 5.74) is 0.414. The zero-order valence-electron chi connectivity index (χ0n) is 8.09. The Bertz CT molecular complexity index is 182. The summed E-state index contributed by atoms with van der Waals surface area (Å²) in [6.45, 7) is 4.20. The number of piperidine rings is 2. The number of hydrogen-bond donors (Lipinski definition) is 1. The Kier molecular flexibility index (Phi) is 2.54. The van der Waals surface area contributed by atoms with Crippen LogP contribution in [0.4, 0.5) is 0 Å². The summed E-state index contributed by atoms with van der Waals surface area (Å²) >= 11 is 0. The van der Waals surface area contributed by atoms with Gasteiger partial charge in [-0.1, -0.05) is 0 Å². The van der Waals surface area contributed by atoms with Gasteiger partial charge in [0.15, 0.2) is 0 Å². The van der Waals surface area contributed by atoms with Gasteiger partial charge in [-0.2, -0.15) is 0 Å². The molecule has 3 nitrogen and oxygen atoms in total. The molecule has 0 aromatic heterocycles. The normalized spacial score (nSPS) is 34.9. The van der Waals surface area contributed by atoms with E-state index in [1.807, 2.05) is 4.90 Å². The molecule has 13 heavy (non-hydrogen) atoms. The maximum Gasteiger partial charge on any atom is 0.209 e. The maximum absolute atomic E-state index is 10.7. The van der Waals surface area contributed by atoms with Gasteiger partial charge in [0.25, 0.3) is 0 Å². The number of carbonyl (C=O) groups excluding carboxylic acids is 1. The van der Waals surface area contributed by atoms with E-state index in [4.69, 9.17) is 0 Å². The average Bonchev–Trinajstić information content (AvgIpc) is 2.19. The van der Waals surface area contributed by atoms with Crippen molar-refractivity contribution in [2.45, 2.75) is 25.7 Å². The quantitative estimate of drug-likeness (QED) is 0.603. The Hall–Kier alpha value is -0.570.